The summed E-state index contributed by atoms with van der Waals surface area (Å²) in [5.74, 6) is 0.178. The van der Waals surface area contributed by atoms with Gasteiger partial charge < -0.3 is 5.32 Å². The molecule has 0 saturated heterocycles. The van der Waals surface area contributed by atoms with E-state index in [1.807, 2.05) is 0 Å². The van der Waals surface area contributed by atoms with Gasteiger partial charge in [-0.3, -0.25) is 4.79 Å². The highest BCUT2D eigenvalue weighted by atomic mass is 32.1. The highest BCUT2D eigenvalue weighted by Crippen LogP contribution is 2.19. The maximum absolute atomic E-state index is 11.7. The molecule has 1 N–H and O–H groups in total. The van der Waals surface area contributed by atoms with Crippen LogP contribution in [0.15, 0.2) is 28.5 Å². The quantitative estimate of drug-likeness (QED) is 0.779. The third-order valence-electron chi connectivity index (χ3n) is 3.37. The summed E-state index contributed by atoms with van der Waals surface area (Å²) >= 11 is 1.69. The summed E-state index contributed by atoms with van der Waals surface area (Å²) in [6.07, 6.45) is 9.94. The average Bonchev–Trinajstić information content (AvgIpc) is 2.91. The number of carbonyl (C=O) groups excluding carboxylic acids is 1. The molecule has 0 unspecified atom stereocenters. The van der Waals surface area contributed by atoms with Crippen molar-refractivity contribution in [3.63, 3.8) is 0 Å². The van der Waals surface area contributed by atoms with Crippen molar-refractivity contribution < 1.29 is 4.79 Å². The van der Waals surface area contributed by atoms with Gasteiger partial charge in [-0.15, -0.1) is 0 Å². The minimum atomic E-state index is 0.178. The fourth-order valence-corrected chi connectivity index (χ4v) is 2.98. The molecular formula is C15H21NOS. The van der Waals surface area contributed by atoms with E-state index in [1.54, 1.807) is 11.3 Å². The van der Waals surface area contributed by atoms with Crippen molar-refractivity contribution in [2.75, 3.05) is 6.54 Å². The molecule has 2 nitrogen and oxygen atoms in total. The highest BCUT2D eigenvalue weighted by Gasteiger charge is 2.05. The summed E-state index contributed by atoms with van der Waals surface area (Å²) in [5.41, 5.74) is 2.80. The van der Waals surface area contributed by atoms with E-state index in [0.717, 1.165) is 19.4 Å². The van der Waals surface area contributed by atoms with Crippen LogP contribution >= 0.6 is 11.3 Å². The molecule has 0 fully saturated rings. The Bertz CT molecular complexity index is 395. The maximum Gasteiger partial charge on any atom is 0.220 e. The van der Waals surface area contributed by atoms with E-state index in [1.165, 1.54) is 36.8 Å². The van der Waals surface area contributed by atoms with Crippen molar-refractivity contribution >= 4 is 17.2 Å². The number of rotatable bonds is 6. The van der Waals surface area contributed by atoms with Gasteiger partial charge in [0.1, 0.15) is 0 Å². The largest absolute Gasteiger partial charge is 0.356 e. The first kappa shape index (κ1) is 13.3. The summed E-state index contributed by atoms with van der Waals surface area (Å²) in [6, 6.07) is 2.09. The van der Waals surface area contributed by atoms with Gasteiger partial charge in [-0.2, -0.15) is 11.3 Å². The van der Waals surface area contributed by atoms with Crippen LogP contribution < -0.4 is 5.32 Å². The molecule has 0 spiro atoms. The van der Waals surface area contributed by atoms with Crippen molar-refractivity contribution in [2.24, 2.45) is 0 Å². The molecule has 1 aliphatic rings. The third-order valence-corrected chi connectivity index (χ3v) is 4.11. The molecule has 1 aliphatic carbocycles. The minimum Gasteiger partial charge on any atom is -0.356 e. The molecule has 1 aromatic rings. The summed E-state index contributed by atoms with van der Waals surface area (Å²) in [5, 5.41) is 7.19. The van der Waals surface area contributed by atoms with E-state index in [-0.39, 0.29) is 5.91 Å². The Morgan fingerprint density at radius 1 is 1.33 bits per heavy atom. The molecule has 18 heavy (non-hydrogen) atoms. The van der Waals surface area contributed by atoms with Crippen LogP contribution in [0, 0.1) is 0 Å². The number of hydrogen-bond acceptors (Lipinski definition) is 2. The number of amides is 1. The van der Waals surface area contributed by atoms with Crippen LogP contribution in [-0.2, 0) is 11.2 Å². The van der Waals surface area contributed by atoms with Gasteiger partial charge in [0.2, 0.25) is 5.91 Å². The Hall–Kier alpha value is -1.09. The van der Waals surface area contributed by atoms with Crippen LogP contribution in [0.2, 0.25) is 0 Å². The average molecular weight is 263 g/mol. The second-order valence-corrected chi connectivity index (χ2v) is 5.62. The number of thiophene rings is 1. The fraction of sp³-hybridized carbons (Fsp3) is 0.533. The Balaban J connectivity index is 1.58. The molecule has 2 rings (SSSR count). The van der Waals surface area contributed by atoms with E-state index in [2.05, 4.69) is 28.2 Å². The SMILES string of the molecule is O=C(CCc1ccsc1)NCCC1=CCCCC1. The Kier molecular flexibility index (Phi) is 5.46. The molecule has 0 atom stereocenters. The Morgan fingerprint density at radius 2 is 2.28 bits per heavy atom. The van der Waals surface area contributed by atoms with Gasteiger partial charge in [0.05, 0.1) is 0 Å². The molecule has 0 aromatic carbocycles. The van der Waals surface area contributed by atoms with E-state index in [4.69, 9.17) is 0 Å². The van der Waals surface area contributed by atoms with Gasteiger partial charge in [-0.25, -0.2) is 0 Å². The molecule has 0 radical (unpaired) electrons. The first-order valence-corrected chi connectivity index (χ1v) is 7.74. The standard InChI is InChI=1S/C15H21NOS/c17-15(7-6-14-9-11-18-12-14)16-10-8-13-4-2-1-3-5-13/h4,9,11-12H,1-3,5-8,10H2,(H,16,17). The zero-order valence-electron chi connectivity index (χ0n) is 10.8. The lowest BCUT2D eigenvalue weighted by atomic mass is 9.97. The van der Waals surface area contributed by atoms with E-state index in [9.17, 15) is 4.79 Å². The zero-order chi connectivity index (χ0) is 12.6. The molecule has 1 aromatic heterocycles. The van der Waals surface area contributed by atoms with Crippen molar-refractivity contribution in [3.8, 4) is 0 Å². The number of allylic oxidation sites excluding steroid dienone is 1. The maximum atomic E-state index is 11.7. The second kappa shape index (κ2) is 7.37. The molecule has 0 aliphatic heterocycles. The van der Waals surface area contributed by atoms with Crippen molar-refractivity contribution in [1.82, 2.24) is 5.32 Å². The molecule has 0 bridgehead atoms. The van der Waals surface area contributed by atoms with E-state index in [0.29, 0.717) is 6.42 Å². The van der Waals surface area contributed by atoms with Gasteiger partial charge in [0, 0.05) is 13.0 Å². The van der Waals surface area contributed by atoms with Gasteiger partial charge in [-0.05, 0) is 60.9 Å². The summed E-state index contributed by atoms with van der Waals surface area (Å²) in [4.78, 5) is 11.7. The van der Waals surface area contributed by atoms with Crippen LogP contribution in [0.3, 0.4) is 0 Å². The van der Waals surface area contributed by atoms with Crippen LogP contribution in [0.1, 0.15) is 44.1 Å². The van der Waals surface area contributed by atoms with Crippen LogP contribution in [-0.4, -0.2) is 12.5 Å². The molecule has 98 valence electrons. The summed E-state index contributed by atoms with van der Waals surface area (Å²) < 4.78 is 0. The normalized spacial score (nSPS) is 15.2. The highest BCUT2D eigenvalue weighted by molar-refractivity contribution is 7.07. The number of hydrogen-bond donors (Lipinski definition) is 1. The lowest BCUT2D eigenvalue weighted by molar-refractivity contribution is -0.121. The molecule has 0 saturated carbocycles. The predicted molar refractivity (Wildman–Crippen MR) is 76.8 cm³/mol. The number of carbonyl (C=O) groups is 1. The Morgan fingerprint density at radius 3 is 3.00 bits per heavy atom. The molecule has 1 amide bonds. The fourth-order valence-electron chi connectivity index (χ4n) is 2.28. The van der Waals surface area contributed by atoms with E-state index < -0.39 is 0 Å². The first-order chi connectivity index (χ1) is 8.84. The lowest BCUT2D eigenvalue weighted by Gasteiger charge is -2.12. The van der Waals surface area contributed by atoms with E-state index >= 15 is 0 Å². The van der Waals surface area contributed by atoms with Gasteiger partial charge in [0.15, 0.2) is 0 Å². The van der Waals surface area contributed by atoms with Crippen molar-refractivity contribution in [3.05, 3.63) is 34.0 Å². The first-order valence-electron chi connectivity index (χ1n) is 6.80. The Labute approximate surface area is 113 Å². The lowest BCUT2D eigenvalue weighted by Crippen LogP contribution is -2.25. The molecular weight excluding hydrogens is 242 g/mol. The summed E-state index contributed by atoms with van der Waals surface area (Å²) in [7, 11) is 0. The van der Waals surface area contributed by atoms with Crippen LogP contribution in [0.25, 0.3) is 0 Å². The summed E-state index contributed by atoms with van der Waals surface area (Å²) in [6.45, 7) is 0.800. The van der Waals surface area contributed by atoms with Gasteiger partial charge >= 0.3 is 0 Å². The minimum absolute atomic E-state index is 0.178. The third kappa shape index (κ3) is 4.65. The smallest absolute Gasteiger partial charge is 0.220 e. The number of aryl methyl sites for hydroxylation is 1. The van der Waals surface area contributed by atoms with Crippen molar-refractivity contribution in [1.29, 1.82) is 0 Å². The van der Waals surface area contributed by atoms with Gasteiger partial charge in [-0.1, -0.05) is 11.6 Å². The molecule has 1 heterocycles. The molecule has 3 heteroatoms. The monoisotopic (exact) mass is 263 g/mol. The topological polar surface area (TPSA) is 29.1 Å². The van der Waals surface area contributed by atoms with Gasteiger partial charge in [0.25, 0.3) is 0 Å². The van der Waals surface area contributed by atoms with Crippen molar-refractivity contribution in [2.45, 2.75) is 44.9 Å². The predicted octanol–water partition coefficient (Wildman–Crippen LogP) is 3.69. The zero-order valence-corrected chi connectivity index (χ0v) is 11.6. The van der Waals surface area contributed by atoms with Crippen LogP contribution in [0.5, 0.6) is 0 Å². The second-order valence-electron chi connectivity index (χ2n) is 4.84. The number of nitrogens with one attached hydrogen (secondary N) is 1. The van der Waals surface area contributed by atoms with Crippen LogP contribution in [0.4, 0.5) is 0 Å².